The van der Waals surface area contributed by atoms with Crippen molar-refractivity contribution < 1.29 is 34.4 Å². The first-order chi connectivity index (χ1) is 13.0. The number of hydrogen-bond acceptors (Lipinski definition) is 6. The van der Waals surface area contributed by atoms with Crippen LogP contribution in [0.5, 0.6) is 0 Å². The molecule has 3 fully saturated rings. The third kappa shape index (κ3) is 1.97. The van der Waals surface area contributed by atoms with Crippen molar-refractivity contribution in [2.75, 3.05) is 6.61 Å². The van der Waals surface area contributed by atoms with Gasteiger partial charge >= 0.3 is 0 Å². The van der Waals surface area contributed by atoms with Gasteiger partial charge in [-0.05, 0) is 62.5 Å². The maximum absolute atomic E-state index is 16.7. The minimum atomic E-state index is -2.12. The van der Waals surface area contributed by atoms with Gasteiger partial charge in [0.2, 0.25) is 0 Å². The number of fused-ring (bicyclic) bond motifs is 5. The summed E-state index contributed by atoms with van der Waals surface area (Å²) in [4.78, 5) is 24.2. The minimum Gasteiger partial charge on any atom is -0.511 e. The molecule has 4 rings (SSSR count). The maximum atomic E-state index is 16.7. The number of ketones is 2. The molecule has 7 atom stereocenters. The predicted molar refractivity (Wildman–Crippen MR) is 97.0 cm³/mol. The molecule has 4 aliphatic rings. The standard InChI is InChI=1S/C21H27FO6/c1-18-5-6-20(22)13(14(18)9-16(26)21(18,28)17(27)10-23)4-3-11-7-12(24)8-15(25)19(11,20)2/h7-8,13-14,16,23,25-26,28H,3-6,9-10H2,1-2H3/t13-,14-,16+,18-,19+,20+,21-/m0/s1. The SMILES string of the molecule is C[C@]12C(O)=CC(=O)C=C1CC[C@H]1[C@@H]3C[C@@H](O)[C@](O)(C(=O)CO)[C@@]3(C)CC[C@@]12F. The Kier molecular flexibility index (Phi) is 4.04. The molecule has 154 valence electrons. The molecule has 6 nitrogen and oxygen atoms in total. The van der Waals surface area contributed by atoms with Gasteiger partial charge in [0, 0.05) is 11.5 Å². The van der Waals surface area contributed by atoms with Crippen molar-refractivity contribution in [3.05, 3.63) is 23.5 Å². The van der Waals surface area contributed by atoms with Crippen LogP contribution in [0.4, 0.5) is 4.39 Å². The molecular formula is C21H27FO6. The van der Waals surface area contributed by atoms with E-state index >= 15 is 4.39 Å². The Hall–Kier alpha value is -1.57. The van der Waals surface area contributed by atoms with Gasteiger partial charge in [-0.3, -0.25) is 9.59 Å². The van der Waals surface area contributed by atoms with E-state index in [0.717, 1.165) is 6.08 Å². The molecule has 0 unspecified atom stereocenters. The van der Waals surface area contributed by atoms with Crippen LogP contribution < -0.4 is 0 Å². The summed E-state index contributed by atoms with van der Waals surface area (Å²) in [5, 5.41) is 41.7. The molecule has 0 bridgehead atoms. The van der Waals surface area contributed by atoms with E-state index in [1.54, 1.807) is 13.8 Å². The highest BCUT2D eigenvalue weighted by Gasteiger charge is 2.74. The van der Waals surface area contributed by atoms with E-state index in [9.17, 15) is 30.0 Å². The molecule has 7 heteroatoms. The molecule has 0 saturated heterocycles. The van der Waals surface area contributed by atoms with Crippen molar-refractivity contribution in [1.29, 1.82) is 0 Å². The number of hydrogen-bond donors (Lipinski definition) is 4. The molecule has 0 aromatic heterocycles. The molecule has 0 spiro atoms. The summed E-state index contributed by atoms with van der Waals surface area (Å²) in [5.41, 5.74) is -5.83. The van der Waals surface area contributed by atoms with E-state index in [1.165, 1.54) is 6.08 Å². The number of alkyl halides is 1. The normalized spacial score (nSPS) is 50.2. The number of halogens is 1. The summed E-state index contributed by atoms with van der Waals surface area (Å²) in [6.07, 6.45) is 2.04. The van der Waals surface area contributed by atoms with E-state index in [1.807, 2.05) is 0 Å². The van der Waals surface area contributed by atoms with Crippen LogP contribution in [0.3, 0.4) is 0 Å². The lowest BCUT2D eigenvalue weighted by atomic mass is 9.45. The molecule has 0 amide bonds. The van der Waals surface area contributed by atoms with Crippen LogP contribution in [-0.2, 0) is 9.59 Å². The Labute approximate surface area is 162 Å². The quantitative estimate of drug-likeness (QED) is 0.565. The molecule has 3 saturated carbocycles. The van der Waals surface area contributed by atoms with Crippen LogP contribution in [-0.4, -0.2) is 56.0 Å². The molecule has 4 N–H and O–H groups in total. The number of carbonyl (C=O) groups excluding carboxylic acids is 2. The molecule has 0 radical (unpaired) electrons. The summed E-state index contributed by atoms with van der Waals surface area (Å²) in [6, 6.07) is 0. The number of aliphatic hydroxyl groups excluding tert-OH is 3. The number of carbonyl (C=O) groups is 2. The number of aliphatic hydroxyl groups is 4. The fourth-order valence-corrected chi connectivity index (χ4v) is 6.85. The van der Waals surface area contributed by atoms with Gasteiger partial charge < -0.3 is 20.4 Å². The van der Waals surface area contributed by atoms with Gasteiger partial charge in [-0.25, -0.2) is 4.39 Å². The third-order valence-corrected chi connectivity index (χ3v) is 8.60. The zero-order valence-corrected chi connectivity index (χ0v) is 16.1. The monoisotopic (exact) mass is 394 g/mol. The number of rotatable bonds is 2. The first kappa shape index (κ1) is 19.7. The van der Waals surface area contributed by atoms with Crippen LogP contribution >= 0.6 is 0 Å². The maximum Gasteiger partial charge on any atom is 0.192 e. The second kappa shape index (κ2) is 5.74. The zero-order valence-electron chi connectivity index (χ0n) is 16.1. The van der Waals surface area contributed by atoms with Gasteiger partial charge in [0.25, 0.3) is 0 Å². The topological polar surface area (TPSA) is 115 Å². The lowest BCUT2D eigenvalue weighted by Gasteiger charge is -2.61. The van der Waals surface area contributed by atoms with E-state index in [0.29, 0.717) is 18.4 Å². The average molecular weight is 394 g/mol. The van der Waals surface area contributed by atoms with Crippen LogP contribution in [0.25, 0.3) is 0 Å². The average Bonchev–Trinajstić information content (AvgIpc) is 2.85. The van der Waals surface area contributed by atoms with Crippen LogP contribution in [0.15, 0.2) is 23.5 Å². The highest BCUT2D eigenvalue weighted by atomic mass is 19.1. The Morgan fingerprint density at radius 3 is 2.57 bits per heavy atom. The van der Waals surface area contributed by atoms with Gasteiger partial charge in [-0.15, -0.1) is 0 Å². The van der Waals surface area contributed by atoms with Crippen molar-refractivity contribution in [3.8, 4) is 0 Å². The number of Topliss-reactive ketones (excluding diaryl/α,β-unsaturated/α-hetero) is 1. The molecule has 4 aliphatic carbocycles. The van der Waals surface area contributed by atoms with E-state index in [2.05, 4.69) is 0 Å². The predicted octanol–water partition coefficient (Wildman–Crippen LogP) is 1.54. The van der Waals surface area contributed by atoms with Gasteiger partial charge in [-0.1, -0.05) is 6.92 Å². The molecule has 0 aromatic carbocycles. The van der Waals surface area contributed by atoms with Crippen molar-refractivity contribution in [2.24, 2.45) is 22.7 Å². The highest BCUT2D eigenvalue weighted by molar-refractivity contribution is 6.01. The van der Waals surface area contributed by atoms with E-state index in [-0.39, 0.29) is 30.8 Å². The molecule has 28 heavy (non-hydrogen) atoms. The van der Waals surface area contributed by atoms with Crippen molar-refractivity contribution in [3.63, 3.8) is 0 Å². The van der Waals surface area contributed by atoms with Crippen LogP contribution in [0.1, 0.15) is 46.0 Å². The summed E-state index contributed by atoms with van der Waals surface area (Å²) < 4.78 is 16.7. The van der Waals surface area contributed by atoms with Crippen molar-refractivity contribution >= 4 is 11.6 Å². The van der Waals surface area contributed by atoms with Gasteiger partial charge in [0.05, 0.1) is 11.5 Å². The summed E-state index contributed by atoms with van der Waals surface area (Å²) in [6.45, 7) is 2.41. The lowest BCUT2D eigenvalue weighted by Crippen LogP contribution is -2.65. The van der Waals surface area contributed by atoms with Crippen LogP contribution in [0.2, 0.25) is 0 Å². The number of allylic oxidation sites excluding steroid dienone is 3. The fourth-order valence-electron chi connectivity index (χ4n) is 6.85. The summed E-state index contributed by atoms with van der Waals surface area (Å²) in [7, 11) is 0. The first-order valence-corrected chi connectivity index (χ1v) is 9.86. The summed E-state index contributed by atoms with van der Waals surface area (Å²) >= 11 is 0. The van der Waals surface area contributed by atoms with Crippen LogP contribution in [0, 0.1) is 22.7 Å². The fraction of sp³-hybridized carbons (Fsp3) is 0.714. The Bertz CT molecular complexity index is 820. The first-order valence-electron chi connectivity index (χ1n) is 9.86. The largest absolute Gasteiger partial charge is 0.511 e. The summed E-state index contributed by atoms with van der Waals surface area (Å²) in [5.74, 6) is -2.58. The van der Waals surface area contributed by atoms with Gasteiger partial charge in [0.15, 0.2) is 17.2 Å². The Balaban J connectivity index is 1.81. The minimum absolute atomic E-state index is 0.0294. The Morgan fingerprint density at radius 2 is 1.93 bits per heavy atom. The third-order valence-electron chi connectivity index (χ3n) is 8.60. The van der Waals surface area contributed by atoms with Gasteiger partial charge in [-0.2, -0.15) is 0 Å². The van der Waals surface area contributed by atoms with E-state index < -0.39 is 52.4 Å². The molecule has 0 aliphatic heterocycles. The Morgan fingerprint density at radius 1 is 1.25 bits per heavy atom. The second-order valence-electron chi connectivity index (χ2n) is 9.36. The highest BCUT2D eigenvalue weighted by Crippen LogP contribution is 2.70. The second-order valence-corrected chi connectivity index (χ2v) is 9.36. The van der Waals surface area contributed by atoms with Crippen molar-refractivity contribution in [2.45, 2.75) is 63.3 Å². The van der Waals surface area contributed by atoms with Gasteiger partial charge in [0.1, 0.15) is 18.0 Å². The zero-order chi connectivity index (χ0) is 20.7. The molecule has 0 heterocycles. The molecule has 0 aromatic rings. The lowest BCUT2D eigenvalue weighted by molar-refractivity contribution is -0.191. The molecular weight excluding hydrogens is 367 g/mol. The van der Waals surface area contributed by atoms with E-state index in [4.69, 9.17) is 0 Å². The van der Waals surface area contributed by atoms with Crippen molar-refractivity contribution in [1.82, 2.24) is 0 Å². The smallest absolute Gasteiger partial charge is 0.192 e.